The first-order chi connectivity index (χ1) is 9.62. The molecule has 0 fully saturated rings. The Hall–Kier alpha value is -1.76. The minimum atomic E-state index is -3.54. The van der Waals surface area contributed by atoms with E-state index in [9.17, 15) is 8.42 Å². The van der Waals surface area contributed by atoms with Crippen LogP contribution in [-0.2, 0) is 23.1 Å². The van der Waals surface area contributed by atoms with Crippen molar-refractivity contribution in [3.63, 3.8) is 0 Å². The van der Waals surface area contributed by atoms with Crippen molar-refractivity contribution >= 4 is 10.0 Å². The highest BCUT2D eigenvalue weighted by atomic mass is 32.2. The highest BCUT2D eigenvalue weighted by Gasteiger charge is 2.13. The van der Waals surface area contributed by atoms with Gasteiger partial charge >= 0.3 is 0 Å². The van der Waals surface area contributed by atoms with Crippen LogP contribution < -0.4 is 4.72 Å². The third-order valence-corrected chi connectivity index (χ3v) is 4.31. The van der Waals surface area contributed by atoms with Crippen molar-refractivity contribution in [2.75, 3.05) is 6.54 Å². The summed E-state index contributed by atoms with van der Waals surface area (Å²) in [5.74, 6) is 0. The molecule has 2 rings (SSSR count). The van der Waals surface area contributed by atoms with Crippen LogP contribution in [0.2, 0.25) is 0 Å². The minimum absolute atomic E-state index is 0.166. The molecule has 0 saturated heterocycles. The van der Waals surface area contributed by atoms with Crippen molar-refractivity contribution in [1.82, 2.24) is 9.71 Å². The lowest BCUT2D eigenvalue weighted by Crippen LogP contribution is -2.26. The maximum atomic E-state index is 12.1. The van der Waals surface area contributed by atoms with Gasteiger partial charge in [-0.2, -0.15) is 0 Å². The van der Waals surface area contributed by atoms with Gasteiger partial charge in [0.05, 0.1) is 11.5 Å². The van der Waals surface area contributed by atoms with Crippen LogP contribution in [0.3, 0.4) is 0 Å². The van der Waals surface area contributed by atoms with Crippen molar-refractivity contribution in [2.24, 2.45) is 0 Å². The van der Waals surface area contributed by atoms with E-state index < -0.39 is 10.0 Å². The molecule has 0 bridgehead atoms. The average Bonchev–Trinajstić information content (AvgIpc) is 2.48. The van der Waals surface area contributed by atoms with E-state index in [-0.39, 0.29) is 11.5 Å². The van der Waals surface area contributed by atoms with Crippen molar-refractivity contribution in [3.8, 4) is 0 Å². The number of hydrogen-bond donors (Lipinski definition) is 2. The molecule has 6 heteroatoms. The second-order valence-corrected chi connectivity index (χ2v) is 6.08. The average molecular weight is 292 g/mol. The van der Waals surface area contributed by atoms with Gasteiger partial charge in [-0.3, -0.25) is 4.98 Å². The van der Waals surface area contributed by atoms with Crippen LogP contribution in [-0.4, -0.2) is 25.1 Å². The minimum Gasteiger partial charge on any atom is -0.392 e. The van der Waals surface area contributed by atoms with Gasteiger partial charge in [0.15, 0.2) is 0 Å². The second-order valence-electron chi connectivity index (χ2n) is 4.31. The SMILES string of the molecule is O=S(=O)(NCCc1ccncc1)c1cccc(CO)c1. The molecule has 0 aliphatic heterocycles. The molecule has 0 unspecified atom stereocenters. The fourth-order valence-corrected chi connectivity index (χ4v) is 2.88. The molecule has 5 nitrogen and oxygen atoms in total. The number of pyridine rings is 1. The zero-order valence-electron chi connectivity index (χ0n) is 10.9. The molecule has 0 atom stereocenters. The summed E-state index contributed by atoms with van der Waals surface area (Å²) >= 11 is 0. The normalized spacial score (nSPS) is 11.4. The van der Waals surface area contributed by atoms with Crippen molar-refractivity contribution in [3.05, 3.63) is 59.9 Å². The summed E-state index contributed by atoms with van der Waals surface area (Å²) in [7, 11) is -3.54. The van der Waals surface area contributed by atoms with E-state index >= 15 is 0 Å². The maximum Gasteiger partial charge on any atom is 0.240 e. The number of benzene rings is 1. The first-order valence-corrected chi connectivity index (χ1v) is 7.68. The zero-order valence-corrected chi connectivity index (χ0v) is 11.7. The Morgan fingerprint density at radius 2 is 1.85 bits per heavy atom. The van der Waals surface area contributed by atoms with Crippen LogP contribution in [0.5, 0.6) is 0 Å². The van der Waals surface area contributed by atoms with E-state index in [0.29, 0.717) is 18.5 Å². The quantitative estimate of drug-likeness (QED) is 0.835. The molecule has 0 aliphatic carbocycles. The standard InChI is InChI=1S/C14H16N2O3S/c17-11-13-2-1-3-14(10-13)20(18,19)16-9-6-12-4-7-15-8-5-12/h1-5,7-8,10,16-17H,6,9,11H2. The van der Waals surface area contributed by atoms with Crippen LogP contribution in [0.4, 0.5) is 0 Å². The monoisotopic (exact) mass is 292 g/mol. The predicted octanol–water partition coefficient (Wildman–Crippen LogP) is 1.09. The Labute approximate surface area is 118 Å². The molecule has 1 aromatic heterocycles. The number of aromatic nitrogens is 1. The van der Waals surface area contributed by atoms with Gasteiger partial charge in [0.1, 0.15) is 0 Å². The van der Waals surface area contributed by atoms with Crippen molar-refractivity contribution in [1.29, 1.82) is 0 Å². The Bertz CT molecular complexity index is 657. The Kier molecular flexibility index (Phi) is 4.84. The molecule has 0 spiro atoms. The second kappa shape index (κ2) is 6.60. The lowest BCUT2D eigenvalue weighted by molar-refractivity contribution is 0.281. The number of hydrogen-bond acceptors (Lipinski definition) is 4. The molecular weight excluding hydrogens is 276 g/mol. The molecule has 0 amide bonds. The van der Waals surface area contributed by atoms with Gasteiger partial charge in [0.25, 0.3) is 0 Å². The van der Waals surface area contributed by atoms with E-state index in [0.717, 1.165) is 5.56 Å². The van der Waals surface area contributed by atoms with E-state index in [4.69, 9.17) is 5.11 Å². The largest absolute Gasteiger partial charge is 0.392 e. The lowest BCUT2D eigenvalue weighted by Gasteiger charge is -2.07. The van der Waals surface area contributed by atoms with Crippen LogP contribution in [0, 0.1) is 0 Å². The Balaban J connectivity index is 2.00. The van der Waals surface area contributed by atoms with E-state index in [2.05, 4.69) is 9.71 Å². The molecule has 0 saturated carbocycles. The third kappa shape index (κ3) is 3.86. The van der Waals surface area contributed by atoms with Crippen LogP contribution in [0.15, 0.2) is 53.7 Å². The molecule has 2 aromatic rings. The summed E-state index contributed by atoms with van der Waals surface area (Å²) in [4.78, 5) is 4.07. The van der Waals surface area contributed by atoms with Crippen LogP contribution in [0.25, 0.3) is 0 Å². The summed E-state index contributed by atoms with van der Waals surface area (Å²) in [6.07, 6.45) is 3.95. The molecule has 106 valence electrons. The van der Waals surface area contributed by atoms with Crippen LogP contribution >= 0.6 is 0 Å². The summed E-state index contributed by atoms with van der Waals surface area (Å²) in [6, 6.07) is 9.96. The smallest absolute Gasteiger partial charge is 0.240 e. The number of sulfonamides is 1. The van der Waals surface area contributed by atoms with E-state index in [1.165, 1.54) is 12.1 Å². The van der Waals surface area contributed by atoms with Crippen molar-refractivity contribution in [2.45, 2.75) is 17.9 Å². The number of aliphatic hydroxyl groups is 1. The van der Waals surface area contributed by atoms with Gasteiger partial charge in [-0.15, -0.1) is 0 Å². The summed E-state index contributed by atoms with van der Waals surface area (Å²) in [6.45, 7) is 0.135. The maximum absolute atomic E-state index is 12.1. The van der Waals surface area contributed by atoms with Gasteiger partial charge in [0.2, 0.25) is 10.0 Å². The van der Waals surface area contributed by atoms with Gasteiger partial charge in [-0.1, -0.05) is 12.1 Å². The van der Waals surface area contributed by atoms with E-state index in [1.54, 1.807) is 24.5 Å². The van der Waals surface area contributed by atoms with E-state index in [1.807, 2.05) is 12.1 Å². The van der Waals surface area contributed by atoms with Crippen LogP contribution in [0.1, 0.15) is 11.1 Å². The molecule has 1 aromatic carbocycles. The van der Waals surface area contributed by atoms with Crippen molar-refractivity contribution < 1.29 is 13.5 Å². The van der Waals surface area contributed by atoms with Gasteiger partial charge in [0, 0.05) is 18.9 Å². The zero-order chi connectivity index (χ0) is 14.4. The molecule has 20 heavy (non-hydrogen) atoms. The first kappa shape index (κ1) is 14.6. The Morgan fingerprint density at radius 1 is 1.10 bits per heavy atom. The van der Waals surface area contributed by atoms with Gasteiger partial charge < -0.3 is 5.11 Å². The Morgan fingerprint density at radius 3 is 2.55 bits per heavy atom. The summed E-state index contributed by atoms with van der Waals surface area (Å²) < 4.78 is 26.7. The highest BCUT2D eigenvalue weighted by molar-refractivity contribution is 7.89. The summed E-state index contributed by atoms with van der Waals surface area (Å²) in [5, 5.41) is 9.03. The summed E-state index contributed by atoms with van der Waals surface area (Å²) in [5.41, 5.74) is 1.59. The van der Waals surface area contributed by atoms with Gasteiger partial charge in [-0.25, -0.2) is 13.1 Å². The number of aliphatic hydroxyl groups excluding tert-OH is 1. The van der Waals surface area contributed by atoms with Gasteiger partial charge in [-0.05, 0) is 41.8 Å². The fourth-order valence-electron chi connectivity index (χ4n) is 1.77. The molecular formula is C14H16N2O3S. The fraction of sp³-hybridized carbons (Fsp3) is 0.214. The lowest BCUT2D eigenvalue weighted by atomic mass is 10.2. The number of nitrogens with zero attached hydrogens (tertiary/aromatic N) is 1. The number of nitrogens with one attached hydrogen (secondary N) is 1. The highest BCUT2D eigenvalue weighted by Crippen LogP contribution is 2.11. The molecule has 0 aliphatic rings. The first-order valence-electron chi connectivity index (χ1n) is 6.20. The molecule has 2 N–H and O–H groups in total. The molecule has 0 radical (unpaired) electrons. The predicted molar refractivity (Wildman–Crippen MR) is 75.5 cm³/mol. The number of rotatable bonds is 6. The third-order valence-electron chi connectivity index (χ3n) is 2.85. The topological polar surface area (TPSA) is 79.3 Å². The molecule has 1 heterocycles.